The summed E-state index contributed by atoms with van der Waals surface area (Å²) in [6.45, 7) is 7.44. The number of aliphatic hydroxyl groups excluding tert-OH is 1. The van der Waals surface area contributed by atoms with Crippen LogP contribution in [0, 0.1) is 11.8 Å². The van der Waals surface area contributed by atoms with Crippen molar-refractivity contribution in [2.45, 2.75) is 26.7 Å². The van der Waals surface area contributed by atoms with Crippen LogP contribution in [-0.4, -0.2) is 31.3 Å². The Morgan fingerprint density at radius 1 is 1.31 bits per heavy atom. The number of aliphatic hydroxyl groups is 1. The summed E-state index contributed by atoms with van der Waals surface area (Å²) in [5, 5.41) is 11.9. The molecule has 0 bridgehead atoms. The first-order valence-electron chi connectivity index (χ1n) is 5.24. The van der Waals surface area contributed by atoms with E-state index < -0.39 is 0 Å². The summed E-state index contributed by atoms with van der Waals surface area (Å²) in [6.07, 6.45) is 1.94. The van der Waals surface area contributed by atoms with Crippen molar-refractivity contribution in [3.05, 3.63) is 0 Å². The van der Waals surface area contributed by atoms with E-state index in [9.17, 15) is 0 Å². The number of nitrogens with two attached hydrogens (primary N) is 1. The van der Waals surface area contributed by atoms with E-state index in [0.717, 1.165) is 32.5 Å². The first-order valence-corrected chi connectivity index (χ1v) is 5.24. The maximum absolute atomic E-state index is 8.56. The average Bonchev–Trinajstić information content (AvgIpc) is 2.10. The lowest BCUT2D eigenvalue weighted by Crippen LogP contribution is -2.32. The van der Waals surface area contributed by atoms with Crippen LogP contribution in [0.4, 0.5) is 0 Å². The van der Waals surface area contributed by atoms with Crippen molar-refractivity contribution in [1.82, 2.24) is 5.32 Å². The Labute approximate surface area is 81.7 Å². The maximum atomic E-state index is 8.56. The fraction of sp³-hybridized carbons (Fsp3) is 1.00. The zero-order valence-corrected chi connectivity index (χ0v) is 8.92. The van der Waals surface area contributed by atoms with Gasteiger partial charge in [-0.25, -0.2) is 0 Å². The van der Waals surface area contributed by atoms with E-state index in [-0.39, 0.29) is 0 Å². The van der Waals surface area contributed by atoms with Gasteiger partial charge in [0, 0.05) is 6.61 Å². The van der Waals surface area contributed by atoms with Gasteiger partial charge in [0.25, 0.3) is 0 Å². The highest BCUT2D eigenvalue weighted by Crippen LogP contribution is 2.07. The van der Waals surface area contributed by atoms with E-state index in [4.69, 9.17) is 10.8 Å². The fourth-order valence-electron chi connectivity index (χ4n) is 1.24. The Kier molecular flexibility index (Phi) is 8.40. The second-order valence-corrected chi connectivity index (χ2v) is 3.87. The van der Waals surface area contributed by atoms with Crippen LogP contribution in [0.2, 0.25) is 0 Å². The molecule has 1 atom stereocenters. The van der Waals surface area contributed by atoms with Gasteiger partial charge in [-0.2, -0.15) is 0 Å². The minimum atomic E-state index is 0.298. The van der Waals surface area contributed by atoms with Crippen LogP contribution in [0.3, 0.4) is 0 Å². The molecule has 3 heteroatoms. The first-order chi connectivity index (χ1) is 6.22. The van der Waals surface area contributed by atoms with Crippen molar-refractivity contribution >= 4 is 0 Å². The molecule has 80 valence electrons. The quantitative estimate of drug-likeness (QED) is 0.488. The molecular weight excluding hydrogens is 164 g/mol. The molecule has 0 radical (unpaired) electrons. The second-order valence-electron chi connectivity index (χ2n) is 3.87. The Morgan fingerprint density at radius 3 is 2.46 bits per heavy atom. The van der Waals surface area contributed by atoms with Crippen LogP contribution >= 0.6 is 0 Å². The predicted molar refractivity (Wildman–Crippen MR) is 56.6 cm³/mol. The Balaban J connectivity index is 3.28. The highest BCUT2D eigenvalue weighted by Gasteiger charge is 2.09. The third kappa shape index (κ3) is 6.99. The van der Waals surface area contributed by atoms with Gasteiger partial charge in [-0.1, -0.05) is 13.8 Å². The largest absolute Gasteiger partial charge is 0.396 e. The van der Waals surface area contributed by atoms with Crippen LogP contribution < -0.4 is 11.1 Å². The highest BCUT2D eigenvalue weighted by molar-refractivity contribution is 4.66. The Hall–Kier alpha value is -0.120. The van der Waals surface area contributed by atoms with Crippen molar-refractivity contribution in [3.63, 3.8) is 0 Å². The maximum Gasteiger partial charge on any atom is 0.0431 e. The van der Waals surface area contributed by atoms with E-state index in [2.05, 4.69) is 19.2 Å². The number of unbranched alkanes of at least 4 members (excludes halogenated alkanes) is 1. The summed E-state index contributed by atoms with van der Waals surface area (Å²) in [4.78, 5) is 0. The molecular formula is C10H24N2O. The van der Waals surface area contributed by atoms with E-state index in [1.807, 2.05) is 0 Å². The monoisotopic (exact) mass is 188 g/mol. The van der Waals surface area contributed by atoms with Gasteiger partial charge in [0.2, 0.25) is 0 Å². The second kappa shape index (κ2) is 8.48. The molecule has 0 fully saturated rings. The van der Waals surface area contributed by atoms with Gasteiger partial charge in [0.1, 0.15) is 0 Å². The highest BCUT2D eigenvalue weighted by atomic mass is 16.2. The number of nitrogens with one attached hydrogen (secondary N) is 1. The smallest absolute Gasteiger partial charge is 0.0431 e. The molecule has 4 N–H and O–H groups in total. The van der Waals surface area contributed by atoms with Crippen LogP contribution in [0.1, 0.15) is 26.7 Å². The molecule has 0 aromatic carbocycles. The van der Waals surface area contributed by atoms with Gasteiger partial charge < -0.3 is 16.2 Å². The molecule has 0 aliphatic heterocycles. The van der Waals surface area contributed by atoms with E-state index in [1.165, 1.54) is 0 Å². The van der Waals surface area contributed by atoms with E-state index in [1.54, 1.807) is 0 Å². The van der Waals surface area contributed by atoms with Crippen molar-refractivity contribution in [1.29, 1.82) is 0 Å². The molecule has 0 saturated heterocycles. The minimum Gasteiger partial charge on any atom is -0.396 e. The standard InChI is InChI=1S/C10H24N2O/c1-9(2)10(7-11)8-12-5-3-4-6-13/h9-10,12-13H,3-8,11H2,1-2H3. The van der Waals surface area contributed by atoms with Gasteiger partial charge in [-0.15, -0.1) is 0 Å². The van der Waals surface area contributed by atoms with Gasteiger partial charge in [-0.3, -0.25) is 0 Å². The van der Waals surface area contributed by atoms with Crippen molar-refractivity contribution in [2.24, 2.45) is 17.6 Å². The number of rotatable bonds is 8. The first kappa shape index (κ1) is 12.9. The third-order valence-corrected chi connectivity index (χ3v) is 2.41. The number of hydrogen-bond acceptors (Lipinski definition) is 3. The van der Waals surface area contributed by atoms with E-state index in [0.29, 0.717) is 18.4 Å². The van der Waals surface area contributed by atoms with Crippen LogP contribution in [0.15, 0.2) is 0 Å². The zero-order chi connectivity index (χ0) is 10.1. The molecule has 0 aliphatic rings. The lowest BCUT2D eigenvalue weighted by molar-refractivity contribution is 0.282. The van der Waals surface area contributed by atoms with Gasteiger partial charge in [-0.05, 0) is 44.3 Å². The molecule has 0 aromatic rings. The molecule has 0 amide bonds. The summed E-state index contributed by atoms with van der Waals surface area (Å²) < 4.78 is 0. The molecule has 0 rings (SSSR count). The lowest BCUT2D eigenvalue weighted by Gasteiger charge is -2.19. The summed E-state index contributed by atoms with van der Waals surface area (Å²) in [7, 11) is 0. The molecule has 1 unspecified atom stereocenters. The van der Waals surface area contributed by atoms with Crippen LogP contribution in [0.25, 0.3) is 0 Å². The Morgan fingerprint density at radius 2 is 2.00 bits per heavy atom. The summed E-state index contributed by atoms with van der Waals surface area (Å²) in [5.41, 5.74) is 5.63. The van der Waals surface area contributed by atoms with Gasteiger partial charge >= 0.3 is 0 Å². The molecule has 0 heterocycles. The van der Waals surface area contributed by atoms with Crippen molar-refractivity contribution in [3.8, 4) is 0 Å². The fourth-order valence-corrected chi connectivity index (χ4v) is 1.24. The predicted octanol–water partition coefficient (Wildman–Crippen LogP) is 0.579. The molecule has 0 saturated carbocycles. The SMILES string of the molecule is CC(C)C(CN)CNCCCCO. The van der Waals surface area contributed by atoms with Crippen LogP contribution in [0.5, 0.6) is 0 Å². The zero-order valence-electron chi connectivity index (χ0n) is 8.92. The molecule has 3 nitrogen and oxygen atoms in total. The van der Waals surface area contributed by atoms with Crippen molar-refractivity contribution < 1.29 is 5.11 Å². The third-order valence-electron chi connectivity index (χ3n) is 2.41. The van der Waals surface area contributed by atoms with Gasteiger partial charge in [0.05, 0.1) is 0 Å². The summed E-state index contributed by atoms with van der Waals surface area (Å²) >= 11 is 0. The van der Waals surface area contributed by atoms with Crippen molar-refractivity contribution in [2.75, 3.05) is 26.2 Å². The topological polar surface area (TPSA) is 58.3 Å². The van der Waals surface area contributed by atoms with Gasteiger partial charge in [0.15, 0.2) is 0 Å². The summed E-state index contributed by atoms with van der Waals surface area (Å²) in [6, 6.07) is 0. The minimum absolute atomic E-state index is 0.298. The van der Waals surface area contributed by atoms with Crippen LogP contribution in [-0.2, 0) is 0 Å². The summed E-state index contributed by atoms with van der Waals surface area (Å²) in [5.74, 6) is 1.23. The molecule has 13 heavy (non-hydrogen) atoms. The molecule has 0 aliphatic carbocycles. The van der Waals surface area contributed by atoms with E-state index >= 15 is 0 Å². The Bertz CT molecular complexity index is 107. The lowest BCUT2D eigenvalue weighted by atomic mass is 9.96. The average molecular weight is 188 g/mol. The number of hydrogen-bond donors (Lipinski definition) is 3. The molecule has 0 spiro atoms. The normalized spacial score (nSPS) is 13.6. The molecule has 0 aromatic heterocycles.